The zero-order chi connectivity index (χ0) is 17.9. The van der Waals surface area contributed by atoms with Crippen LogP contribution in [0.15, 0.2) is 48.9 Å². The van der Waals surface area contributed by atoms with Crippen LogP contribution >= 0.6 is 0 Å². The minimum atomic E-state index is 0.191. The van der Waals surface area contributed by atoms with Gasteiger partial charge in [0, 0.05) is 24.3 Å². The molecule has 0 saturated carbocycles. The first-order chi connectivity index (χ1) is 12.7. The van der Waals surface area contributed by atoms with Crippen molar-refractivity contribution in [2.24, 2.45) is 0 Å². The Morgan fingerprint density at radius 3 is 2.96 bits per heavy atom. The molecule has 134 valence electrons. The van der Waals surface area contributed by atoms with Crippen LogP contribution < -0.4 is 0 Å². The molecule has 5 heteroatoms. The molecule has 26 heavy (non-hydrogen) atoms. The van der Waals surface area contributed by atoms with Crippen LogP contribution in [0.4, 0.5) is 0 Å². The van der Waals surface area contributed by atoms with Crippen LogP contribution in [0, 0.1) is 6.92 Å². The summed E-state index contributed by atoms with van der Waals surface area (Å²) in [6.45, 7) is 3.65. The number of amides is 1. The number of aromatic nitrogens is 3. The van der Waals surface area contributed by atoms with Crippen molar-refractivity contribution in [2.45, 2.75) is 45.2 Å². The van der Waals surface area contributed by atoms with Gasteiger partial charge in [0.25, 0.3) is 0 Å². The second-order valence-electron chi connectivity index (χ2n) is 7.15. The fourth-order valence-electron chi connectivity index (χ4n) is 3.88. The van der Waals surface area contributed by atoms with Gasteiger partial charge >= 0.3 is 0 Å². The van der Waals surface area contributed by atoms with E-state index in [1.54, 1.807) is 6.20 Å². The van der Waals surface area contributed by atoms with E-state index in [1.807, 2.05) is 54.3 Å². The molecule has 0 aliphatic carbocycles. The SMILES string of the molecule is Cc1cnn(CC2CCCCN2C(=O)Cc2cccc3cccnc23)c1. The van der Waals surface area contributed by atoms with Crippen LogP contribution in [0.5, 0.6) is 0 Å². The molecule has 1 aromatic carbocycles. The lowest BCUT2D eigenvalue weighted by molar-refractivity contribution is -0.134. The maximum Gasteiger partial charge on any atom is 0.227 e. The molecular weight excluding hydrogens is 324 g/mol. The van der Waals surface area contributed by atoms with Gasteiger partial charge in [0.2, 0.25) is 5.91 Å². The molecule has 3 heterocycles. The number of likely N-dealkylation sites (tertiary alicyclic amines) is 1. The van der Waals surface area contributed by atoms with E-state index in [-0.39, 0.29) is 11.9 Å². The maximum absolute atomic E-state index is 13.1. The highest BCUT2D eigenvalue weighted by molar-refractivity contribution is 5.87. The van der Waals surface area contributed by atoms with Gasteiger partial charge in [-0.15, -0.1) is 0 Å². The predicted octanol–water partition coefficient (Wildman–Crippen LogP) is 3.36. The number of pyridine rings is 1. The molecule has 0 N–H and O–H groups in total. The summed E-state index contributed by atoms with van der Waals surface area (Å²) in [5.74, 6) is 0.191. The Kier molecular flexibility index (Phi) is 4.69. The van der Waals surface area contributed by atoms with Crippen molar-refractivity contribution in [3.63, 3.8) is 0 Å². The Labute approximate surface area is 153 Å². The molecule has 3 aromatic rings. The molecule has 5 nitrogen and oxygen atoms in total. The van der Waals surface area contributed by atoms with Gasteiger partial charge in [-0.1, -0.05) is 24.3 Å². The van der Waals surface area contributed by atoms with Crippen LogP contribution in [0.3, 0.4) is 0 Å². The highest BCUT2D eigenvalue weighted by Crippen LogP contribution is 2.22. The Hall–Kier alpha value is -2.69. The summed E-state index contributed by atoms with van der Waals surface area (Å²) in [6, 6.07) is 10.3. The van der Waals surface area contributed by atoms with Gasteiger partial charge in [-0.05, 0) is 43.4 Å². The Balaban J connectivity index is 1.53. The maximum atomic E-state index is 13.1. The fraction of sp³-hybridized carbons (Fsp3) is 0.381. The third-order valence-corrected chi connectivity index (χ3v) is 5.17. The fourth-order valence-corrected chi connectivity index (χ4v) is 3.88. The number of aryl methyl sites for hydroxylation is 1. The molecule has 1 atom stereocenters. The molecule has 2 aromatic heterocycles. The van der Waals surface area contributed by atoms with E-state index in [0.29, 0.717) is 6.42 Å². The highest BCUT2D eigenvalue weighted by Gasteiger charge is 2.27. The lowest BCUT2D eigenvalue weighted by Crippen LogP contribution is -2.46. The van der Waals surface area contributed by atoms with Crippen LogP contribution in [-0.4, -0.2) is 38.2 Å². The predicted molar refractivity (Wildman–Crippen MR) is 102 cm³/mol. The molecule has 0 radical (unpaired) electrons. The van der Waals surface area contributed by atoms with Gasteiger partial charge in [-0.2, -0.15) is 5.10 Å². The summed E-state index contributed by atoms with van der Waals surface area (Å²) < 4.78 is 1.96. The quantitative estimate of drug-likeness (QED) is 0.726. The van der Waals surface area contributed by atoms with Gasteiger partial charge < -0.3 is 4.90 Å². The Bertz CT molecular complexity index is 912. The number of benzene rings is 1. The van der Waals surface area contributed by atoms with Crippen LogP contribution in [-0.2, 0) is 17.8 Å². The van der Waals surface area contributed by atoms with Gasteiger partial charge in [-0.3, -0.25) is 14.5 Å². The number of fused-ring (bicyclic) bond motifs is 1. The molecule has 0 bridgehead atoms. The minimum Gasteiger partial charge on any atom is -0.338 e. The largest absolute Gasteiger partial charge is 0.338 e. The number of nitrogens with zero attached hydrogens (tertiary/aromatic N) is 4. The highest BCUT2D eigenvalue weighted by atomic mass is 16.2. The van der Waals surface area contributed by atoms with Crippen LogP contribution in [0.25, 0.3) is 10.9 Å². The molecule has 0 spiro atoms. The van der Waals surface area contributed by atoms with Crippen molar-refractivity contribution in [1.82, 2.24) is 19.7 Å². The zero-order valence-corrected chi connectivity index (χ0v) is 15.1. The third kappa shape index (κ3) is 3.47. The Morgan fingerprint density at radius 1 is 1.23 bits per heavy atom. The first-order valence-corrected chi connectivity index (χ1v) is 9.32. The van der Waals surface area contributed by atoms with Crippen molar-refractivity contribution in [3.8, 4) is 0 Å². The minimum absolute atomic E-state index is 0.191. The molecule has 1 fully saturated rings. The number of hydrogen-bond acceptors (Lipinski definition) is 3. The van der Waals surface area contributed by atoms with E-state index in [9.17, 15) is 4.79 Å². The van der Waals surface area contributed by atoms with Crippen molar-refractivity contribution in [3.05, 3.63) is 60.0 Å². The van der Waals surface area contributed by atoms with E-state index >= 15 is 0 Å². The standard InChI is InChI=1S/C21H24N4O/c1-16-13-23-24(14-16)15-19-9-2-3-11-25(19)20(26)12-18-7-4-6-17-8-5-10-22-21(17)18/h4-8,10,13-14,19H,2-3,9,11-12,15H2,1H3. The summed E-state index contributed by atoms with van der Waals surface area (Å²) in [6.07, 6.45) is 9.41. The van der Waals surface area contributed by atoms with Gasteiger partial charge in [0.15, 0.2) is 0 Å². The summed E-state index contributed by atoms with van der Waals surface area (Å²) in [7, 11) is 0. The number of rotatable bonds is 4. The number of piperidine rings is 1. The van der Waals surface area contributed by atoms with Crippen LogP contribution in [0.2, 0.25) is 0 Å². The van der Waals surface area contributed by atoms with Crippen molar-refractivity contribution < 1.29 is 4.79 Å². The number of carbonyl (C=O) groups excluding carboxylic acids is 1. The van der Waals surface area contributed by atoms with E-state index in [0.717, 1.165) is 48.0 Å². The molecule has 1 amide bonds. The monoisotopic (exact) mass is 348 g/mol. The van der Waals surface area contributed by atoms with Crippen LogP contribution in [0.1, 0.15) is 30.4 Å². The van der Waals surface area contributed by atoms with Crippen molar-refractivity contribution >= 4 is 16.8 Å². The first-order valence-electron chi connectivity index (χ1n) is 9.32. The van der Waals surface area contributed by atoms with Gasteiger partial charge in [-0.25, -0.2) is 0 Å². The zero-order valence-electron chi connectivity index (χ0n) is 15.1. The first kappa shape index (κ1) is 16.8. The van der Waals surface area contributed by atoms with E-state index in [1.165, 1.54) is 6.42 Å². The Morgan fingerprint density at radius 2 is 2.12 bits per heavy atom. The molecule has 1 unspecified atom stereocenters. The summed E-state index contributed by atoms with van der Waals surface area (Å²) in [4.78, 5) is 19.6. The second-order valence-corrected chi connectivity index (χ2v) is 7.15. The summed E-state index contributed by atoms with van der Waals surface area (Å²) in [5, 5.41) is 5.48. The normalized spacial score (nSPS) is 17.6. The average molecular weight is 348 g/mol. The number of hydrogen-bond donors (Lipinski definition) is 0. The van der Waals surface area contributed by atoms with Crippen molar-refractivity contribution in [2.75, 3.05) is 6.54 Å². The molecule has 1 aliphatic rings. The van der Waals surface area contributed by atoms with Crippen molar-refractivity contribution in [1.29, 1.82) is 0 Å². The van der Waals surface area contributed by atoms with E-state index < -0.39 is 0 Å². The van der Waals surface area contributed by atoms with E-state index in [2.05, 4.69) is 15.0 Å². The van der Waals surface area contributed by atoms with Gasteiger partial charge in [0.1, 0.15) is 0 Å². The lowest BCUT2D eigenvalue weighted by atomic mass is 10.00. The number of carbonyl (C=O) groups is 1. The molecular formula is C21H24N4O. The smallest absolute Gasteiger partial charge is 0.227 e. The molecule has 1 aliphatic heterocycles. The molecule has 1 saturated heterocycles. The number of para-hydroxylation sites is 1. The topological polar surface area (TPSA) is 51.0 Å². The van der Waals surface area contributed by atoms with E-state index in [4.69, 9.17) is 0 Å². The average Bonchev–Trinajstić information content (AvgIpc) is 3.07. The summed E-state index contributed by atoms with van der Waals surface area (Å²) >= 11 is 0. The third-order valence-electron chi connectivity index (χ3n) is 5.17. The second kappa shape index (κ2) is 7.28. The summed E-state index contributed by atoms with van der Waals surface area (Å²) in [5.41, 5.74) is 3.09. The lowest BCUT2D eigenvalue weighted by Gasteiger charge is -2.36. The van der Waals surface area contributed by atoms with Gasteiger partial charge in [0.05, 0.1) is 30.7 Å². The molecule has 4 rings (SSSR count).